The van der Waals surface area contributed by atoms with Gasteiger partial charge in [-0.15, -0.1) is 5.92 Å². The summed E-state index contributed by atoms with van der Waals surface area (Å²) in [4.78, 5) is 16.3. The van der Waals surface area contributed by atoms with Crippen molar-refractivity contribution in [2.45, 2.75) is 83.7 Å². The number of anilines is 1. The van der Waals surface area contributed by atoms with Crippen molar-refractivity contribution in [3.8, 4) is 11.8 Å². The number of carbonyl (C=O) groups is 1. The molecule has 5 nitrogen and oxygen atoms in total. The third-order valence-electron chi connectivity index (χ3n) is 11.2. The number of ketones is 1. The largest absolute Gasteiger partial charge is 0.411 e. The van der Waals surface area contributed by atoms with Gasteiger partial charge in [-0.3, -0.25) is 4.79 Å². The van der Waals surface area contributed by atoms with Crippen LogP contribution < -0.4 is 4.90 Å². The van der Waals surface area contributed by atoms with Crippen molar-refractivity contribution in [1.29, 1.82) is 0 Å². The lowest BCUT2D eigenvalue weighted by Gasteiger charge is -2.55. The van der Waals surface area contributed by atoms with Gasteiger partial charge in [-0.25, -0.2) is 4.39 Å². The topological polar surface area (TPSA) is 62.1 Å². The second kappa shape index (κ2) is 11.1. The van der Waals surface area contributed by atoms with Gasteiger partial charge in [0.05, 0.1) is 11.1 Å². The summed E-state index contributed by atoms with van der Waals surface area (Å²) in [5.74, 6) is 6.90. The number of carbonyl (C=O) groups excluding carboxylic acids is 1. The summed E-state index contributed by atoms with van der Waals surface area (Å²) in [7, 11) is 1.57. The van der Waals surface area contributed by atoms with Gasteiger partial charge in [0.15, 0.2) is 5.78 Å². The molecule has 1 aromatic rings. The van der Waals surface area contributed by atoms with Gasteiger partial charge in [-0.2, -0.15) is 0 Å². The molecule has 2 saturated carbocycles. The molecule has 1 aromatic carbocycles. The second-order valence-corrected chi connectivity index (χ2v) is 13.0. The molecule has 0 amide bonds. The molecule has 3 fully saturated rings. The highest BCUT2D eigenvalue weighted by atomic mass is 19.1. The van der Waals surface area contributed by atoms with Crippen LogP contribution in [0.2, 0.25) is 0 Å². The monoisotopic (exact) mass is 558 g/mol. The molecular formula is C35H43FN2O3. The van der Waals surface area contributed by atoms with E-state index in [1.807, 2.05) is 6.92 Å². The maximum atomic E-state index is 16.0. The maximum absolute atomic E-state index is 16.0. The van der Waals surface area contributed by atoms with Crippen LogP contribution in [0.1, 0.15) is 83.1 Å². The number of methoxy groups -OCH3 is 1. The Morgan fingerprint density at radius 3 is 2.63 bits per heavy atom. The van der Waals surface area contributed by atoms with Gasteiger partial charge in [0.1, 0.15) is 12.8 Å². The first-order chi connectivity index (χ1) is 19.9. The minimum atomic E-state index is -1.11. The normalized spacial score (nSPS) is 35.7. The van der Waals surface area contributed by atoms with Crippen LogP contribution in [0.4, 0.5) is 10.1 Å². The van der Waals surface area contributed by atoms with E-state index in [-0.39, 0.29) is 30.1 Å². The fraction of sp³-hybridized carbons (Fsp3) is 0.600. The van der Waals surface area contributed by atoms with Crippen molar-refractivity contribution in [1.82, 2.24) is 0 Å². The maximum Gasteiger partial charge on any atom is 0.176 e. The molecule has 0 radical (unpaired) electrons. The van der Waals surface area contributed by atoms with Crippen molar-refractivity contribution < 1.29 is 19.1 Å². The summed E-state index contributed by atoms with van der Waals surface area (Å²) in [6, 6.07) is 9.06. The highest BCUT2D eigenvalue weighted by Crippen LogP contribution is 2.69. The van der Waals surface area contributed by atoms with Crippen LogP contribution in [0.5, 0.6) is 0 Å². The minimum Gasteiger partial charge on any atom is -0.411 e. The number of rotatable bonds is 5. The van der Waals surface area contributed by atoms with E-state index in [4.69, 9.17) is 4.74 Å². The molecule has 0 aromatic heterocycles. The molecule has 1 saturated heterocycles. The predicted octanol–water partition coefficient (Wildman–Crippen LogP) is 7.01. The van der Waals surface area contributed by atoms with Gasteiger partial charge < -0.3 is 14.8 Å². The van der Waals surface area contributed by atoms with Crippen molar-refractivity contribution >= 4 is 17.2 Å². The summed E-state index contributed by atoms with van der Waals surface area (Å²) in [5, 5.41) is 12.9. The zero-order valence-corrected chi connectivity index (χ0v) is 24.7. The van der Waals surface area contributed by atoms with Gasteiger partial charge in [-0.05, 0) is 117 Å². The molecule has 41 heavy (non-hydrogen) atoms. The van der Waals surface area contributed by atoms with Crippen molar-refractivity contribution in [3.63, 3.8) is 0 Å². The van der Waals surface area contributed by atoms with E-state index in [0.29, 0.717) is 37.0 Å². The number of oxime groups is 1. The second-order valence-electron chi connectivity index (χ2n) is 13.0. The highest BCUT2D eigenvalue weighted by Gasteiger charge is 2.66. The fourth-order valence-corrected chi connectivity index (χ4v) is 9.32. The fourth-order valence-electron chi connectivity index (χ4n) is 9.32. The standard InChI is InChI=1S/C35H43FN2O3/c1-4-15-35(32(39)22-41-3)16-14-30-28-20-31(36)27-19-24(37-40)10-13-26(27)33(28)29(21-34(30,35)2)23-8-11-25(12-9-23)38-17-6-5-7-18-38/h8-9,11-12,19,28-31,40H,5-7,10,13-14,16-18,20-22H2,1-3H3/t28-,29+,30-,31?,34-,35+/m0/s1. The molecule has 0 spiro atoms. The van der Waals surface area contributed by atoms with Crippen LogP contribution in [0.3, 0.4) is 0 Å². The Balaban J connectivity index is 1.49. The van der Waals surface area contributed by atoms with E-state index in [1.54, 1.807) is 13.2 Å². The zero-order valence-electron chi connectivity index (χ0n) is 24.7. The Labute approximate surface area is 243 Å². The molecule has 1 heterocycles. The predicted molar refractivity (Wildman–Crippen MR) is 160 cm³/mol. The lowest BCUT2D eigenvalue weighted by molar-refractivity contribution is -0.136. The minimum absolute atomic E-state index is 0.0474. The van der Waals surface area contributed by atoms with Crippen LogP contribution in [0.25, 0.3) is 0 Å². The van der Waals surface area contributed by atoms with Crippen molar-refractivity contribution in [3.05, 3.63) is 52.6 Å². The summed E-state index contributed by atoms with van der Waals surface area (Å²) in [6.45, 7) is 6.33. The number of hydrogen-bond donors (Lipinski definition) is 1. The molecule has 6 atom stereocenters. The van der Waals surface area contributed by atoms with E-state index >= 15 is 4.39 Å². The molecule has 0 bridgehead atoms. The van der Waals surface area contributed by atoms with Crippen LogP contribution in [0, 0.1) is 34.5 Å². The van der Waals surface area contributed by atoms with Crippen molar-refractivity contribution in [2.24, 2.45) is 27.8 Å². The lowest BCUT2D eigenvalue weighted by Crippen LogP contribution is -2.52. The summed E-state index contributed by atoms with van der Waals surface area (Å²) in [6.07, 6.45) is 8.48. The Morgan fingerprint density at radius 1 is 1.20 bits per heavy atom. The summed E-state index contributed by atoms with van der Waals surface area (Å²) < 4.78 is 21.4. The first kappa shape index (κ1) is 28.2. The molecule has 218 valence electrons. The Morgan fingerprint density at radius 2 is 1.95 bits per heavy atom. The number of hydrogen-bond acceptors (Lipinski definition) is 5. The van der Waals surface area contributed by atoms with Gasteiger partial charge >= 0.3 is 0 Å². The number of nitrogens with zero attached hydrogens (tertiary/aromatic N) is 2. The molecule has 1 N–H and O–H groups in total. The van der Waals surface area contributed by atoms with E-state index in [2.05, 4.69) is 53.1 Å². The average molecular weight is 559 g/mol. The SMILES string of the molecule is CC#C[C@]1(C(=O)COC)CC[C@H]2[C@@H]3CC(F)C4=CC(=NO)CCC4=C3[C@@H](c3ccc(N4CCCCC4)cc3)C[C@@]21C. The molecule has 6 heteroatoms. The van der Waals surface area contributed by atoms with Gasteiger partial charge in [-0.1, -0.05) is 35.7 Å². The number of Topliss-reactive ketones (excluding diaryl/α,β-unsaturated/α-hetero) is 1. The number of allylic oxidation sites excluding steroid dienone is 4. The number of halogens is 1. The molecule has 5 aliphatic rings. The molecular weight excluding hydrogens is 515 g/mol. The number of fused-ring (bicyclic) bond motifs is 4. The zero-order chi connectivity index (χ0) is 28.8. The molecule has 4 aliphatic carbocycles. The quantitative estimate of drug-likeness (QED) is 0.240. The first-order valence-corrected chi connectivity index (χ1v) is 15.5. The van der Waals surface area contributed by atoms with E-state index < -0.39 is 17.0 Å². The third-order valence-corrected chi connectivity index (χ3v) is 11.2. The lowest BCUT2D eigenvalue weighted by atomic mass is 9.48. The van der Waals surface area contributed by atoms with Crippen LogP contribution in [0.15, 0.2) is 52.2 Å². The summed E-state index contributed by atoms with van der Waals surface area (Å²) >= 11 is 0. The van der Waals surface area contributed by atoms with E-state index in [9.17, 15) is 10.0 Å². The van der Waals surface area contributed by atoms with Gasteiger partial charge in [0.25, 0.3) is 0 Å². The van der Waals surface area contributed by atoms with Gasteiger partial charge in [0, 0.05) is 31.8 Å². The number of alkyl halides is 1. The van der Waals surface area contributed by atoms with E-state index in [0.717, 1.165) is 31.5 Å². The van der Waals surface area contributed by atoms with Crippen molar-refractivity contribution in [2.75, 3.05) is 31.7 Å². The highest BCUT2D eigenvalue weighted by molar-refractivity contribution is 5.97. The molecule has 1 unspecified atom stereocenters. The first-order valence-electron chi connectivity index (χ1n) is 15.5. The Hall–Kier alpha value is -2.91. The van der Waals surface area contributed by atoms with Crippen LogP contribution >= 0.6 is 0 Å². The smallest absolute Gasteiger partial charge is 0.176 e. The molecule has 1 aliphatic heterocycles. The van der Waals surface area contributed by atoms with Crippen LogP contribution in [-0.2, 0) is 9.53 Å². The summed E-state index contributed by atoms with van der Waals surface area (Å²) in [5.41, 5.74) is 5.03. The Bertz CT molecular complexity index is 1350. The van der Waals surface area contributed by atoms with E-state index in [1.165, 1.54) is 36.1 Å². The average Bonchev–Trinajstić information content (AvgIpc) is 3.30. The third kappa shape index (κ3) is 4.47. The van der Waals surface area contributed by atoms with Gasteiger partial charge in [0.2, 0.25) is 0 Å². The molecule has 6 rings (SSSR count). The Kier molecular flexibility index (Phi) is 7.61. The number of piperidine rings is 1. The number of benzene rings is 1. The van der Waals surface area contributed by atoms with Crippen LogP contribution in [-0.4, -0.2) is 49.7 Å². The number of ether oxygens (including phenoxy) is 1.